The second-order valence-corrected chi connectivity index (χ2v) is 3.81. The highest BCUT2D eigenvalue weighted by Crippen LogP contribution is 2.15. The number of hydrogen-bond acceptors (Lipinski definition) is 3. The standard InChI is InChI=1S/C13H17N3/c14-7-3-8-15-10-11-4-1-6-13-12(11)5-2-9-16-13/h1-2,4-6,9,15H,3,7-8,10,14H2. The Kier molecular flexibility index (Phi) is 3.86. The van der Waals surface area contributed by atoms with Crippen LogP contribution in [0.2, 0.25) is 0 Å². The van der Waals surface area contributed by atoms with E-state index in [1.807, 2.05) is 18.3 Å². The molecule has 0 radical (unpaired) electrons. The van der Waals surface area contributed by atoms with E-state index in [0.29, 0.717) is 0 Å². The Hall–Kier alpha value is -1.45. The average molecular weight is 215 g/mol. The van der Waals surface area contributed by atoms with Gasteiger partial charge in [0.25, 0.3) is 0 Å². The largest absolute Gasteiger partial charge is 0.330 e. The molecule has 1 aromatic carbocycles. The summed E-state index contributed by atoms with van der Waals surface area (Å²) in [5.74, 6) is 0. The molecule has 3 N–H and O–H groups in total. The van der Waals surface area contributed by atoms with Gasteiger partial charge in [-0.3, -0.25) is 4.98 Å². The molecule has 84 valence electrons. The number of rotatable bonds is 5. The van der Waals surface area contributed by atoms with Crippen LogP contribution in [0, 0.1) is 0 Å². The van der Waals surface area contributed by atoms with Crippen molar-refractivity contribution < 1.29 is 0 Å². The summed E-state index contributed by atoms with van der Waals surface area (Å²) < 4.78 is 0. The molecule has 3 nitrogen and oxygen atoms in total. The lowest BCUT2D eigenvalue weighted by molar-refractivity contribution is 0.657. The minimum atomic E-state index is 0.740. The van der Waals surface area contributed by atoms with E-state index in [0.717, 1.165) is 31.6 Å². The zero-order chi connectivity index (χ0) is 11.2. The Morgan fingerprint density at radius 3 is 3.00 bits per heavy atom. The maximum Gasteiger partial charge on any atom is 0.0705 e. The molecular formula is C13H17N3. The van der Waals surface area contributed by atoms with E-state index >= 15 is 0 Å². The third-order valence-corrected chi connectivity index (χ3v) is 2.61. The molecule has 0 aliphatic carbocycles. The Bertz CT molecular complexity index is 448. The van der Waals surface area contributed by atoms with Crippen molar-refractivity contribution >= 4 is 10.9 Å². The fourth-order valence-electron chi connectivity index (χ4n) is 1.77. The second-order valence-electron chi connectivity index (χ2n) is 3.81. The highest BCUT2D eigenvalue weighted by molar-refractivity contribution is 5.81. The van der Waals surface area contributed by atoms with Crippen molar-refractivity contribution in [3.05, 3.63) is 42.1 Å². The molecule has 0 saturated carbocycles. The van der Waals surface area contributed by atoms with Crippen LogP contribution in [0.15, 0.2) is 36.5 Å². The van der Waals surface area contributed by atoms with Crippen LogP contribution in [0.4, 0.5) is 0 Å². The van der Waals surface area contributed by atoms with Gasteiger partial charge in [-0.1, -0.05) is 18.2 Å². The fraction of sp³-hybridized carbons (Fsp3) is 0.308. The first-order valence-corrected chi connectivity index (χ1v) is 5.65. The van der Waals surface area contributed by atoms with Crippen molar-refractivity contribution in [1.82, 2.24) is 10.3 Å². The molecule has 0 saturated heterocycles. The Labute approximate surface area is 95.7 Å². The summed E-state index contributed by atoms with van der Waals surface area (Å²) in [6.07, 6.45) is 2.84. The highest BCUT2D eigenvalue weighted by atomic mass is 14.8. The van der Waals surface area contributed by atoms with Gasteiger partial charge < -0.3 is 11.1 Å². The summed E-state index contributed by atoms with van der Waals surface area (Å²) in [4.78, 5) is 4.34. The van der Waals surface area contributed by atoms with Crippen molar-refractivity contribution in [2.75, 3.05) is 13.1 Å². The molecular weight excluding hydrogens is 198 g/mol. The minimum Gasteiger partial charge on any atom is -0.330 e. The van der Waals surface area contributed by atoms with Gasteiger partial charge in [0.1, 0.15) is 0 Å². The van der Waals surface area contributed by atoms with Gasteiger partial charge in [0.05, 0.1) is 5.52 Å². The first-order chi connectivity index (χ1) is 7.92. The maximum atomic E-state index is 5.45. The molecule has 0 amide bonds. The minimum absolute atomic E-state index is 0.740. The van der Waals surface area contributed by atoms with E-state index < -0.39 is 0 Å². The van der Waals surface area contributed by atoms with Crippen LogP contribution in [0.1, 0.15) is 12.0 Å². The average Bonchev–Trinajstić information content (AvgIpc) is 2.35. The van der Waals surface area contributed by atoms with Gasteiger partial charge in [-0.2, -0.15) is 0 Å². The Morgan fingerprint density at radius 2 is 2.12 bits per heavy atom. The smallest absolute Gasteiger partial charge is 0.0705 e. The predicted octanol–water partition coefficient (Wildman–Crippen LogP) is 1.67. The topological polar surface area (TPSA) is 50.9 Å². The van der Waals surface area contributed by atoms with Gasteiger partial charge >= 0.3 is 0 Å². The number of nitrogens with one attached hydrogen (secondary N) is 1. The van der Waals surface area contributed by atoms with Crippen LogP contribution in [0.25, 0.3) is 10.9 Å². The zero-order valence-corrected chi connectivity index (χ0v) is 9.32. The molecule has 0 spiro atoms. The molecule has 2 rings (SSSR count). The van der Waals surface area contributed by atoms with Crippen LogP contribution in [-0.4, -0.2) is 18.1 Å². The molecule has 2 aromatic rings. The maximum absolute atomic E-state index is 5.45. The van der Waals surface area contributed by atoms with E-state index in [1.165, 1.54) is 10.9 Å². The Morgan fingerprint density at radius 1 is 1.19 bits per heavy atom. The van der Waals surface area contributed by atoms with Gasteiger partial charge in [0.2, 0.25) is 0 Å². The van der Waals surface area contributed by atoms with Gasteiger partial charge in [0, 0.05) is 18.1 Å². The summed E-state index contributed by atoms with van der Waals surface area (Å²) in [6, 6.07) is 10.3. The van der Waals surface area contributed by atoms with Gasteiger partial charge in [-0.25, -0.2) is 0 Å². The molecule has 0 aliphatic rings. The van der Waals surface area contributed by atoms with Crippen LogP contribution >= 0.6 is 0 Å². The molecule has 0 fully saturated rings. The summed E-state index contributed by atoms with van der Waals surface area (Å²) in [7, 11) is 0. The third kappa shape index (κ3) is 2.56. The van der Waals surface area contributed by atoms with E-state index in [2.05, 4.69) is 28.5 Å². The third-order valence-electron chi connectivity index (χ3n) is 2.61. The number of hydrogen-bond donors (Lipinski definition) is 2. The van der Waals surface area contributed by atoms with Crippen LogP contribution < -0.4 is 11.1 Å². The van der Waals surface area contributed by atoms with E-state index in [4.69, 9.17) is 5.73 Å². The number of nitrogens with two attached hydrogens (primary N) is 1. The lowest BCUT2D eigenvalue weighted by atomic mass is 10.1. The number of nitrogens with zero attached hydrogens (tertiary/aromatic N) is 1. The van der Waals surface area contributed by atoms with Gasteiger partial charge in [0.15, 0.2) is 0 Å². The number of benzene rings is 1. The number of aromatic nitrogens is 1. The SMILES string of the molecule is NCCCNCc1cccc2ncccc12. The second kappa shape index (κ2) is 5.58. The molecule has 0 bridgehead atoms. The fourth-order valence-corrected chi connectivity index (χ4v) is 1.77. The first kappa shape index (κ1) is 11.0. The van der Waals surface area contributed by atoms with E-state index in [1.54, 1.807) is 0 Å². The predicted molar refractivity (Wildman–Crippen MR) is 67.1 cm³/mol. The van der Waals surface area contributed by atoms with Gasteiger partial charge in [-0.05, 0) is 37.2 Å². The number of fused-ring (bicyclic) bond motifs is 1. The summed E-state index contributed by atoms with van der Waals surface area (Å²) in [6.45, 7) is 2.58. The normalized spacial score (nSPS) is 10.8. The first-order valence-electron chi connectivity index (χ1n) is 5.65. The zero-order valence-electron chi connectivity index (χ0n) is 9.32. The molecule has 3 heteroatoms. The van der Waals surface area contributed by atoms with Gasteiger partial charge in [-0.15, -0.1) is 0 Å². The molecule has 1 aromatic heterocycles. The summed E-state index contributed by atoms with van der Waals surface area (Å²) >= 11 is 0. The van der Waals surface area contributed by atoms with E-state index in [9.17, 15) is 0 Å². The molecule has 1 heterocycles. The molecule has 0 unspecified atom stereocenters. The van der Waals surface area contributed by atoms with Crippen LogP contribution in [-0.2, 0) is 6.54 Å². The Balaban J connectivity index is 2.11. The monoisotopic (exact) mass is 215 g/mol. The van der Waals surface area contributed by atoms with Crippen molar-refractivity contribution in [2.45, 2.75) is 13.0 Å². The van der Waals surface area contributed by atoms with Crippen molar-refractivity contribution in [2.24, 2.45) is 5.73 Å². The molecule has 0 aliphatic heterocycles. The van der Waals surface area contributed by atoms with Crippen LogP contribution in [0.5, 0.6) is 0 Å². The lowest BCUT2D eigenvalue weighted by Crippen LogP contribution is -2.17. The van der Waals surface area contributed by atoms with Crippen molar-refractivity contribution in [3.8, 4) is 0 Å². The molecule has 0 atom stereocenters. The summed E-state index contributed by atoms with van der Waals surface area (Å²) in [5.41, 5.74) is 7.80. The highest BCUT2D eigenvalue weighted by Gasteiger charge is 1.99. The number of pyridine rings is 1. The van der Waals surface area contributed by atoms with E-state index in [-0.39, 0.29) is 0 Å². The molecule has 16 heavy (non-hydrogen) atoms. The lowest BCUT2D eigenvalue weighted by Gasteiger charge is -2.07. The van der Waals surface area contributed by atoms with Crippen molar-refractivity contribution in [1.29, 1.82) is 0 Å². The van der Waals surface area contributed by atoms with Crippen LogP contribution in [0.3, 0.4) is 0 Å². The van der Waals surface area contributed by atoms with Crippen molar-refractivity contribution in [3.63, 3.8) is 0 Å². The summed E-state index contributed by atoms with van der Waals surface area (Å²) in [5, 5.41) is 4.61. The quantitative estimate of drug-likeness (QED) is 0.746.